The number of rotatable bonds is 4. The highest BCUT2D eigenvalue weighted by Gasteiger charge is 2.29. The van der Waals surface area contributed by atoms with Crippen molar-refractivity contribution < 1.29 is 0 Å². The molecule has 1 atom stereocenters. The minimum absolute atomic E-state index is 0.289. The summed E-state index contributed by atoms with van der Waals surface area (Å²) in [5, 5.41) is 12.1. The summed E-state index contributed by atoms with van der Waals surface area (Å²) < 4.78 is 2.44. The lowest BCUT2D eigenvalue weighted by Gasteiger charge is -2.33. The maximum absolute atomic E-state index is 9.76. The van der Waals surface area contributed by atoms with Crippen LogP contribution in [0.1, 0.15) is 24.5 Å². The molecule has 5 aromatic carbocycles. The lowest BCUT2D eigenvalue weighted by molar-refractivity contribution is 0.439. The van der Waals surface area contributed by atoms with E-state index in [1.54, 1.807) is 0 Å². The number of hydrogen-bond acceptors (Lipinski definition) is 1. The maximum atomic E-state index is 9.76. The third-order valence-corrected chi connectivity index (χ3v) is 8.11. The van der Waals surface area contributed by atoms with Crippen molar-refractivity contribution in [2.45, 2.75) is 18.9 Å². The van der Waals surface area contributed by atoms with Gasteiger partial charge in [0.25, 0.3) is 0 Å². The van der Waals surface area contributed by atoms with E-state index in [0.29, 0.717) is 5.56 Å². The van der Waals surface area contributed by atoms with Crippen LogP contribution in [0.15, 0.2) is 140 Å². The van der Waals surface area contributed by atoms with Crippen molar-refractivity contribution in [3.8, 4) is 28.3 Å². The molecule has 1 aliphatic rings. The van der Waals surface area contributed by atoms with Crippen molar-refractivity contribution in [2.24, 2.45) is 0 Å². The third kappa shape index (κ3) is 4.04. The van der Waals surface area contributed by atoms with Gasteiger partial charge in [0.15, 0.2) is 0 Å². The van der Waals surface area contributed by atoms with Gasteiger partial charge in [0.1, 0.15) is 0 Å². The number of benzene rings is 5. The van der Waals surface area contributed by atoms with E-state index in [-0.39, 0.29) is 5.54 Å². The summed E-state index contributed by atoms with van der Waals surface area (Å²) in [4.78, 5) is 0. The molecule has 0 spiro atoms. The van der Waals surface area contributed by atoms with Crippen LogP contribution in [0.25, 0.3) is 49.6 Å². The van der Waals surface area contributed by atoms with Crippen LogP contribution >= 0.6 is 0 Å². The molecule has 2 nitrogen and oxygen atoms in total. The van der Waals surface area contributed by atoms with E-state index in [0.717, 1.165) is 11.9 Å². The zero-order chi connectivity index (χ0) is 27.1. The Labute approximate surface area is 234 Å². The summed E-state index contributed by atoms with van der Waals surface area (Å²) in [6.07, 6.45) is 7.76. The molecule has 0 amide bonds. The molecular formula is C38H28N2. The van der Waals surface area contributed by atoms with Crippen LogP contribution < -0.4 is 0 Å². The Morgan fingerprint density at radius 2 is 1.30 bits per heavy atom. The average Bonchev–Trinajstić information content (AvgIpc) is 3.35. The molecule has 1 aromatic heterocycles. The molecular weight excluding hydrogens is 484 g/mol. The van der Waals surface area contributed by atoms with Crippen LogP contribution in [0.3, 0.4) is 0 Å². The van der Waals surface area contributed by atoms with Crippen LogP contribution in [0.2, 0.25) is 0 Å². The van der Waals surface area contributed by atoms with Crippen molar-refractivity contribution in [1.82, 2.24) is 4.57 Å². The first-order chi connectivity index (χ1) is 19.6. The second-order valence-corrected chi connectivity index (χ2v) is 10.8. The molecule has 0 radical (unpaired) electrons. The van der Waals surface area contributed by atoms with Gasteiger partial charge in [0.05, 0.1) is 22.7 Å². The van der Waals surface area contributed by atoms with Crippen LogP contribution in [0.4, 0.5) is 0 Å². The fourth-order valence-corrected chi connectivity index (χ4v) is 6.16. The average molecular weight is 513 g/mol. The van der Waals surface area contributed by atoms with Gasteiger partial charge in [-0.05, 0) is 77.1 Å². The maximum Gasteiger partial charge on any atom is 0.0992 e. The van der Waals surface area contributed by atoms with E-state index >= 15 is 0 Å². The van der Waals surface area contributed by atoms with Crippen molar-refractivity contribution in [1.29, 1.82) is 5.26 Å². The van der Waals surface area contributed by atoms with Gasteiger partial charge in [-0.1, -0.05) is 109 Å². The number of nitriles is 1. The predicted molar refractivity (Wildman–Crippen MR) is 167 cm³/mol. The molecule has 7 rings (SSSR count). The van der Waals surface area contributed by atoms with Gasteiger partial charge in [0, 0.05) is 16.3 Å². The van der Waals surface area contributed by atoms with E-state index in [9.17, 15) is 5.26 Å². The molecule has 1 unspecified atom stereocenters. The number of hydrogen-bond donors (Lipinski definition) is 0. The van der Waals surface area contributed by atoms with Crippen molar-refractivity contribution >= 4 is 27.4 Å². The van der Waals surface area contributed by atoms with Gasteiger partial charge in [0.2, 0.25) is 0 Å². The van der Waals surface area contributed by atoms with Gasteiger partial charge in [-0.15, -0.1) is 0 Å². The lowest BCUT2D eigenvalue weighted by Crippen LogP contribution is -2.28. The first kappa shape index (κ1) is 23.9. The molecule has 0 bridgehead atoms. The molecule has 1 heterocycles. The second-order valence-electron chi connectivity index (χ2n) is 10.8. The molecule has 40 heavy (non-hydrogen) atoms. The fourth-order valence-electron chi connectivity index (χ4n) is 6.16. The molecule has 0 aliphatic heterocycles. The zero-order valence-electron chi connectivity index (χ0n) is 22.4. The monoisotopic (exact) mass is 512 g/mol. The van der Waals surface area contributed by atoms with Gasteiger partial charge in [-0.3, -0.25) is 0 Å². The quantitative estimate of drug-likeness (QED) is 0.231. The van der Waals surface area contributed by atoms with E-state index in [1.807, 2.05) is 12.1 Å². The Balaban J connectivity index is 1.42. The minimum atomic E-state index is -0.289. The molecule has 0 N–H and O–H groups in total. The fraction of sp³-hybridized carbons (Fsp3) is 0.0789. The van der Waals surface area contributed by atoms with Gasteiger partial charge in [-0.25, -0.2) is 0 Å². The highest BCUT2D eigenvalue weighted by Crippen LogP contribution is 2.42. The summed E-state index contributed by atoms with van der Waals surface area (Å²) in [6, 6.07) is 45.1. The van der Waals surface area contributed by atoms with Gasteiger partial charge < -0.3 is 4.57 Å². The molecule has 0 fully saturated rings. The Kier molecular flexibility index (Phi) is 5.72. The largest absolute Gasteiger partial charge is 0.331 e. The molecule has 0 saturated carbocycles. The molecule has 0 saturated heterocycles. The summed E-state index contributed by atoms with van der Waals surface area (Å²) >= 11 is 0. The third-order valence-electron chi connectivity index (χ3n) is 8.11. The van der Waals surface area contributed by atoms with Crippen molar-refractivity contribution in [3.05, 3.63) is 151 Å². The number of aromatic nitrogens is 1. The van der Waals surface area contributed by atoms with Crippen LogP contribution in [-0.4, -0.2) is 4.57 Å². The summed E-state index contributed by atoms with van der Waals surface area (Å²) in [5.41, 5.74) is 9.88. The number of allylic oxidation sites excluding steroid dienone is 4. The van der Waals surface area contributed by atoms with Gasteiger partial charge in [-0.2, -0.15) is 5.26 Å². The summed E-state index contributed by atoms with van der Waals surface area (Å²) in [5.74, 6) is 0. The van der Waals surface area contributed by atoms with E-state index in [4.69, 9.17) is 0 Å². The van der Waals surface area contributed by atoms with Crippen molar-refractivity contribution in [3.63, 3.8) is 0 Å². The minimum Gasteiger partial charge on any atom is -0.331 e. The topological polar surface area (TPSA) is 28.7 Å². The number of fused-ring (bicyclic) bond motifs is 3. The van der Waals surface area contributed by atoms with Gasteiger partial charge >= 0.3 is 0 Å². The Hall–Kier alpha value is -5.13. The molecule has 190 valence electrons. The van der Waals surface area contributed by atoms with E-state index in [2.05, 4.69) is 145 Å². The van der Waals surface area contributed by atoms with Crippen LogP contribution in [0, 0.1) is 11.3 Å². The Bertz CT molecular complexity index is 1980. The van der Waals surface area contributed by atoms with Crippen molar-refractivity contribution in [2.75, 3.05) is 0 Å². The molecule has 6 aromatic rings. The first-order valence-corrected chi connectivity index (χ1v) is 13.7. The normalized spacial score (nSPS) is 16.6. The summed E-state index contributed by atoms with van der Waals surface area (Å²) in [6.45, 7) is 2.30. The molecule has 2 heteroatoms. The first-order valence-electron chi connectivity index (χ1n) is 13.7. The smallest absolute Gasteiger partial charge is 0.0992 e. The Morgan fingerprint density at radius 1 is 0.625 bits per heavy atom. The molecule has 1 aliphatic carbocycles. The van der Waals surface area contributed by atoms with Crippen LogP contribution in [-0.2, 0) is 5.54 Å². The highest BCUT2D eigenvalue weighted by molar-refractivity contribution is 6.10. The second kappa shape index (κ2) is 9.56. The Morgan fingerprint density at radius 3 is 2.05 bits per heavy atom. The SMILES string of the molecule is CC1(n2c3ccc(-c4cccc(-c5ccccc5)c4)cc3c3ccc(C#N)cc32)C=C(c2ccccc2)C=CC1. The predicted octanol–water partition coefficient (Wildman–Crippen LogP) is 9.76. The van der Waals surface area contributed by atoms with E-state index < -0.39 is 0 Å². The lowest BCUT2D eigenvalue weighted by atomic mass is 9.86. The standard InChI is InChI=1S/C38H28N2/c1-38(21-9-16-33(25-38)29-12-6-3-7-13-29)40-36-20-18-32(24-35(36)34-19-17-27(26-39)22-37(34)40)31-15-8-14-30(23-31)28-10-4-2-5-11-28/h2-20,22-25H,21H2,1H3. The van der Waals surface area contributed by atoms with E-state index in [1.165, 1.54) is 49.7 Å². The number of nitrogens with zero attached hydrogens (tertiary/aromatic N) is 2. The summed E-state index contributed by atoms with van der Waals surface area (Å²) in [7, 11) is 0. The highest BCUT2D eigenvalue weighted by atomic mass is 15.1. The van der Waals surface area contributed by atoms with Crippen LogP contribution in [0.5, 0.6) is 0 Å². The zero-order valence-corrected chi connectivity index (χ0v) is 22.4.